The van der Waals surface area contributed by atoms with Crippen molar-refractivity contribution in [3.05, 3.63) is 64.5 Å². The van der Waals surface area contributed by atoms with Gasteiger partial charge in [-0.2, -0.15) is 0 Å². The van der Waals surface area contributed by atoms with Gasteiger partial charge in [-0.15, -0.1) is 0 Å². The number of methoxy groups -OCH3 is 1. The molecule has 3 aromatic rings. The van der Waals surface area contributed by atoms with Crippen LogP contribution in [0.25, 0.3) is 10.9 Å². The predicted octanol–water partition coefficient (Wildman–Crippen LogP) is 5.41. The molecular weight excluding hydrogens is 555 g/mol. The van der Waals surface area contributed by atoms with Gasteiger partial charge < -0.3 is 15.0 Å². The minimum Gasteiger partial charge on any atom is -0.497 e. The van der Waals surface area contributed by atoms with Crippen molar-refractivity contribution in [1.82, 2.24) is 19.4 Å². The topological polar surface area (TPSA) is 75.0 Å². The first-order valence-corrected chi connectivity index (χ1v) is 16.4. The van der Waals surface area contributed by atoms with Crippen LogP contribution in [0.2, 0.25) is 0 Å². The zero-order valence-electron chi connectivity index (χ0n) is 26.4. The highest BCUT2D eigenvalue weighted by molar-refractivity contribution is 5.96. The smallest absolute Gasteiger partial charge is 0.261 e. The second kappa shape index (κ2) is 11.5. The number of piperazine rings is 1. The Kier molecular flexibility index (Phi) is 7.63. The molecule has 0 unspecified atom stereocenters. The molecule has 8 nitrogen and oxygen atoms in total. The van der Waals surface area contributed by atoms with Crippen molar-refractivity contribution in [2.24, 2.45) is 28.2 Å². The summed E-state index contributed by atoms with van der Waals surface area (Å²) < 4.78 is 21.1. The van der Waals surface area contributed by atoms with E-state index in [0.29, 0.717) is 58.6 Å². The number of guanidine groups is 1. The molecule has 3 heterocycles. The normalized spacial score (nSPS) is 28.1. The molecule has 0 spiro atoms. The highest BCUT2D eigenvalue weighted by Crippen LogP contribution is 2.61. The van der Waals surface area contributed by atoms with Gasteiger partial charge in [0, 0.05) is 44.0 Å². The lowest BCUT2D eigenvalue weighted by molar-refractivity contribution is -0.108. The van der Waals surface area contributed by atoms with Crippen LogP contribution < -0.4 is 15.6 Å². The molecule has 2 saturated heterocycles. The molecule has 5 atom stereocenters. The van der Waals surface area contributed by atoms with E-state index in [9.17, 15) is 9.18 Å². The van der Waals surface area contributed by atoms with Crippen LogP contribution in [0.5, 0.6) is 5.75 Å². The lowest BCUT2D eigenvalue weighted by atomic mass is 9.45. The highest BCUT2D eigenvalue weighted by atomic mass is 19.1. The molecule has 9 heteroatoms. The van der Waals surface area contributed by atoms with Crippen molar-refractivity contribution in [1.29, 1.82) is 0 Å². The number of hydrogen-bond acceptors (Lipinski definition) is 5. The van der Waals surface area contributed by atoms with Crippen LogP contribution in [0.15, 0.2) is 52.5 Å². The summed E-state index contributed by atoms with van der Waals surface area (Å²) in [6, 6.07) is 11.5. The molecule has 3 saturated carbocycles. The quantitative estimate of drug-likeness (QED) is 0.302. The summed E-state index contributed by atoms with van der Waals surface area (Å²) in [6.45, 7) is 11.9. The molecule has 1 aromatic heterocycles. The Bertz CT molecular complexity index is 1640. The van der Waals surface area contributed by atoms with Gasteiger partial charge in [-0.1, -0.05) is 26.8 Å². The monoisotopic (exact) mass is 600 g/mol. The molecule has 5 fully saturated rings. The van der Waals surface area contributed by atoms with Crippen molar-refractivity contribution >= 4 is 22.5 Å². The van der Waals surface area contributed by atoms with E-state index in [-0.39, 0.29) is 11.4 Å². The Morgan fingerprint density at radius 2 is 2.02 bits per heavy atom. The number of aliphatic imine (C=N–C) groups is 1. The van der Waals surface area contributed by atoms with E-state index in [1.54, 1.807) is 23.0 Å². The van der Waals surface area contributed by atoms with E-state index in [4.69, 9.17) is 9.73 Å². The summed E-state index contributed by atoms with van der Waals surface area (Å²) >= 11 is 0. The van der Waals surface area contributed by atoms with Gasteiger partial charge in [-0.05, 0) is 91.6 Å². The van der Waals surface area contributed by atoms with E-state index in [1.165, 1.54) is 39.0 Å². The highest BCUT2D eigenvalue weighted by Gasteiger charge is 2.56. The standard InChI is InChI=1S/C35H45FN6O2/c1-22-29-16-24(35(29,2)3)17-31(22)39-34(41-15-14-40-12-5-6-26(40)20-41)38-25-8-10-28-32(18-25)37-21-42(33(28)43)13-11-23-7-9-27(44-4)19-30(23)36/h7-10,18-19,21-22,24,26,29,31H,5-6,11-17,20H2,1-4H3,(H,38,39)/t22-,24-,26+,29-,31+/m1/s1. The van der Waals surface area contributed by atoms with Gasteiger partial charge in [-0.3, -0.25) is 14.3 Å². The van der Waals surface area contributed by atoms with Crippen LogP contribution in [-0.4, -0.2) is 70.7 Å². The van der Waals surface area contributed by atoms with E-state index >= 15 is 0 Å². The average Bonchev–Trinajstić information content (AvgIpc) is 3.49. The maximum absolute atomic E-state index is 14.5. The van der Waals surface area contributed by atoms with E-state index in [1.807, 2.05) is 18.2 Å². The summed E-state index contributed by atoms with van der Waals surface area (Å²) in [7, 11) is 1.51. The van der Waals surface area contributed by atoms with Crippen LogP contribution >= 0.6 is 0 Å². The third kappa shape index (κ3) is 5.27. The number of benzene rings is 2. The lowest BCUT2D eigenvalue weighted by Gasteiger charge is -2.61. The number of aryl methyl sites for hydroxylation is 2. The van der Waals surface area contributed by atoms with Crippen LogP contribution in [0.3, 0.4) is 0 Å². The average molecular weight is 601 g/mol. The molecule has 44 heavy (non-hydrogen) atoms. The van der Waals surface area contributed by atoms with Gasteiger partial charge in [0.15, 0.2) is 5.96 Å². The SMILES string of the molecule is COc1ccc(CCn2cnc3cc(NC(=N[C@H]4C[C@H]5C[C@H]([C@H]4C)C5(C)C)N4CCN5CCC[C@H]5C4)ccc3c2=O)c(F)c1. The van der Waals surface area contributed by atoms with E-state index in [0.717, 1.165) is 49.5 Å². The Balaban J connectivity index is 1.12. The molecule has 0 amide bonds. The maximum Gasteiger partial charge on any atom is 0.261 e. The summed E-state index contributed by atoms with van der Waals surface area (Å²) in [5.74, 6) is 3.14. The zero-order valence-corrected chi connectivity index (χ0v) is 26.4. The second-order valence-corrected chi connectivity index (χ2v) is 14.1. The van der Waals surface area contributed by atoms with E-state index < -0.39 is 0 Å². The number of hydrogen-bond donors (Lipinski definition) is 1. The van der Waals surface area contributed by atoms with Gasteiger partial charge in [0.2, 0.25) is 0 Å². The van der Waals surface area contributed by atoms with Gasteiger partial charge in [0.05, 0.1) is 30.4 Å². The Morgan fingerprint density at radius 1 is 1.16 bits per heavy atom. The van der Waals surface area contributed by atoms with E-state index in [2.05, 4.69) is 40.9 Å². The molecule has 8 rings (SSSR count). The molecule has 2 bridgehead atoms. The number of ether oxygens (including phenoxy) is 1. The first kappa shape index (κ1) is 29.3. The van der Waals surface area contributed by atoms with Crippen LogP contribution in [0.1, 0.15) is 52.0 Å². The van der Waals surface area contributed by atoms with Crippen molar-refractivity contribution in [3.63, 3.8) is 0 Å². The summed E-state index contributed by atoms with van der Waals surface area (Å²) in [5, 5.41) is 4.24. The molecular formula is C35H45FN6O2. The van der Waals surface area contributed by atoms with Gasteiger partial charge in [-0.25, -0.2) is 14.4 Å². The number of halogens is 1. The molecule has 2 aliphatic heterocycles. The summed E-state index contributed by atoms with van der Waals surface area (Å²) in [5.41, 5.74) is 2.37. The number of nitrogens with zero attached hydrogens (tertiary/aromatic N) is 5. The maximum atomic E-state index is 14.5. The molecule has 0 radical (unpaired) electrons. The lowest BCUT2D eigenvalue weighted by Crippen LogP contribution is -2.57. The fraction of sp³-hybridized carbons (Fsp3) is 0.571. The molecule has 5 aliphatic rings. The number of rotatable bonds is 6. The Morgan fingerprint density at radius 3 is 2.80 bits per heavy atom. The van der Waals surface area contributed by atoms with Crippen molar-refractivity contribution in [2.45, 2.75) is 71.5 Å². The number of nitrogens with one attached hydrogen (secondary N) is 1. The van der Waals surface area contributed by atoms with Crippen molar-refractivity contribution in [2.75, 3.05) is 38.6 Å². The van der Waals surface area contributed by atoms with Crippen molar-refractivity contribution in [3.8, 4) is 5.75 Å². The molecule has 2 aromatic carbocycles. The van der Waals surface area contributed by atoms with Crippen LogP contribution in [0, 0.1) is 29.0 Å². The predicted molar refractivity (Wildman–Crippen MR) is 173 cm³/mol. The fourth-order valence-electron chi connectivity index (χ4n) is 8.45. The number of anilines is 1. The second-order valence-electron chi connectivity index (χ2n) is 14.1. The first-order chi connectivity index (χ1) is 21.2. The molecule has 3 aliphatic carbocycles. The first-order valence-electron chi connectivity index (χ1n) is 16.4. The van der Waals surface area contributed by atoms with Gasteiger partial charge in [0.25, 0.3) is 5.56 Å². The number of aromatic nitrogens is 2. The minimum atomic E-state index is -0.336. The minimum absolute atomic E-state index is 0.125. The van der Waals surface area contributed by atoms with Crippen molar-refractivity contribution < 1.29 is 9.13 Å². The largest absolute Gasteiger partial charge is 0.497 e. The molecule has 234 valence electrons. The van der Waals surface area contributed by atoms with Crippen LogP contribution in [0.4, 0.5) is 10.1 Å². The Hall–Kier alpha value is -3.46. The molecule has 1 N–H and O–H groups in total. The van der Waals surface area contributed by atoms with Gasteiger partial charge in [0.1, 0.15) is 11.6 Å². The summed E-state index contributed by atoms with van der Waals surface area (Å²) in [6.07, 6.45) is 6.97. The summed E-state index contributed by atoms with van der Waals surface area (Å²) in [4.78, 5) is 28.5. The van der Waals surface area contributed by atoms with Gasteiger partial charge >= 0.3 is 0 Å². The zero-order chi connectivity index (χ0) is 30.6. The third-order valence-corrected chi connectivity index (χ3v) is 11.5. The third-order valence-electron chi connectivity index (χ3n) is 11.5. The number of fused-ring (bicyclic) bond motifs is 4. The fourth-order valence-corrected chi connectivity index (χ4v) is 8.45. The Labute approximate surface area is 259 Å². The van der Waals surface area contributed by atoms with Crippen LogP contribution in [-0.2, 0) is 13.0 Å².